The quantitative estimate of drug-likeness (QED) is 0.881. The summed E-state index contributed by atoms with van der Waals surface area (Å²) in [7, 11) is 0. The van der Waals surface area contributed by atoms with Crippen LogP contribution in [-0.4, -0.2) is 34.6 Å². The van der Waals surface area contributed by atoms with Crippen LogP contribution >= 0.6 is 0 Å². The second-order valence-corrected chi connectivity index (χ2v) is 5.60. The van der Waals surface area contributed by atoms with E-state index in [1.165, 1.54) is 31.4 Å². The van der Waals surface area contributed by atoms with Gasteiger partial charge >= 0.3 is 0 Å². The fourth-order valence-electron chi connectivity index (χ4n) is 3.67. The molecule has 0 amide bonds. The van der Waals surface area contributed by atoms with Crippen LogP contribution in [-0.2, 0) is 6.54 Å². The number of nitrogens with zero attached hydrogens (tertiary/aromatic N) is 2. The van der Waals surface area contributed by atoms with Crippen LogP contribution in [0.3, 0.4) is 0 Å². The number of rotatable bonds is 4. The van der Waals surface area contributed by atoms with Crippen LogP contribution in [0.1, 0.15) is 38.3 Å². The van der Waals surface area contributed by atoms with Crippen molar-refractivity contribution >= 4 is 0 Å². The molecule has 0 aromatic carbocycles. The van der Waals surface area contributed by atoms with Crippen LogP contribution in [0.2, 0.25) is 0 Å². The number of hydrogen-bond donors (Lipinski definition) is 1. The lowest BCUT2D eigenvalue weighted by Crippen LogP contribution is -2.48. The van der Waals surface area contributed by atoms with Crippen LogP contribution in [0.15, 0.2) is 24.4 Å². The predicted octanol–water partition coefficient (Wildman–Crippen LogP) is 2.19. The lowest BCUT2D eigenvalue weighted by Gasteiger charge is -2.39. The molecule has 2 aliphatic rings. The fourth-order valence-corrected chi connectivity index (χ4v) is 3.67. The van der Waals surface area contributed by atoms with Gasteiger partial charge in [0.15, 0.2) is 0 Å². The van der Waals surface area contributed by atoms with Gasteiger partial charge in [-0.1, -0.05) is 13.0 Å². The summed E-state index contributed by atoms with van der Waals surface area (Å²) in [5, 5.41) is 3.63. The Labute approximate surface area is 110 Å². The van der Waals surface area contributed by atoms with E-state index in [9.17, 15) is 0 Å². The first-order chi connectivity index (χ1) is 8.86. The van der Waals surface area contributed by atoms with E-state index < -0.39 is 0 Å². The maximum Gasteiger partial charge on any atom is 0.0544 e. The zero-order valence-corrected chi connectivity index (χ0v) is 11.2. The van der Waals surface area contributed by atoms with E-state index in [2.05, 4.69) is 34.3 Å². The summed E-state index contributed by atoms with van der Waals surface area (Å²) in [6, 6.07) is 8.53. The standard InChI is InChI=1S/C15H23N3/c1-2-16-13-9-14-6-7-15(10-13)18(14)11-12-5-3-4-8-17-12/h3-5,8,13-16H,2,6-7,9-11H2,1H3. The maximum atomic E-state index is 4.47. The highest BCUT2D eigenvalue weighted by atomic mass is 15.2. The summed E-state index contributed by atoms with van der Waals surface area (Å²) in [6.07, 6.45) is 7.29. The summed E-state index contributed by atoms with van der Waals surface area (Å²) in [6.45, 7) is 4.35. The highest BCUT2D eigenvalue weighted by Crippen LogP contribution is 2.36. The Morgan fingerprint density at radius 1 is 1.28 bits per heavy atom. The average molecular weight is 245 g/mol. The Morgan fingerprint density at radius 3 is 2.67 bits per heavy atom. The van der Waals surface area contributed by atoms with Gasteiger partial charge in [-0.25, -0.2) is 0 Å². The molecule has 1 aromatic rings. The molecule has 3 nitrogen and oxygen atoms in total. The largest absolute Gasteiger partial charge is 0.314 e. The van der Waals surface area contributed by atoms with Gasteiger partial charge in [-0.15, -0.1) is 0 Å². The van der Waals surface area contributed by atoms with Crippen molar-refractivity contribution in [1.82, 2.24) is 15.2 Å². The molecule has 3 heterocycles. The van der Waals surface area contributed by atoms with Crippen LogP contribution in [0, 0.1) is 0 Å². The zero-order chi connectivity index (χ0) is 12.4. The van der Waals surface area contributed by atoms with Crippen molar-refractivity contribution in [1.29, 1.82) is 0 Å². The number of pyridine rings is 1. The second kappa shape index (κ2) is 5.37. The van der Waals surface area contributed by atoms with E-state index in [0.29, 0.717) is 0 Å². The van der Waals surface area contributed by atoms with Gasteiger partial charge in [-0.05, 0) is 44.4 Å². The minimum atomic E-state index is 0.743. The van der Waals surface area contributed by atoms with E-state index in [0.717, 1.165) is 31.2 Å². The molecule has 3 rings (SSSR count). The molecule has 0 saturated carbocycles. The van der Waals surface area contributed by atoms with Gasteiger partial charge in [-0.2, -0.15) is 0 Å². The number of fused-ring (bicyclic) bond motifs is 2. The molecule has 1 aromatic heterocycles. The van der Waals surface area contributed by atoms with Gasteiger partial charge in [0.05, 0.1) is 5.69 Å². The highest BCUT2D eigenvalue weighted by molar-refractivity contribution is 5.06. The molecule has 2 saturated heterocycles. The Kier molecular flexibility index (Phi) is 3.62. The summed E-state index contributed by atoms with van der Waals surface area (Å²) < 4.78 is 0. The Balaban J connectivity index is 1.65. The third-order valence-corrected chi connectivity index (χ3v) is 4.45. The molecule has 2 atom stereocenters. The van der Waals surface area contributed by atoms with Crippen molar-refractivity contribution in [3.8, 4) is 0 Å². The molecule has 0 radical (unpaired) electrons. The van der Waals surface area contributed by atoms with Crippen LogP contribution in [0.25, 0.3) is 0 Å². The van der Waals surface area contributed by atoms with E-state index in [-0.39, 0.29) is 0 Å². The number of aromatic nitrogens is 1. The van der Waals surface area contributed by atoms with Crippen molar-refractivity contribution in [2.24, 2.45) is 0 Å². The van der Waals surface area contributed by atoms with E-state index in [1.54, 1.807) is 0 Å². The molecule has 2 fully saturated rings. The molecule has 18 heavy (non-hydrogen) atoms. The topological polar surface area (TPSA) is 28.2 Å². The van der Waals surface area contributed by atoms with Gasteiger partial charge in [0, 0.05) is 30.9 Å². The Bertz CT molecular complexity index is 365. The highest BCUT2D eigenvalue weighted by Gasteiger charge is 2.40. The first-order valence-corrected chi connectivity index (χ1v) is 7.26. The van der Waals surface area contributed by atoms with E-state index in [4.69, 9.17) is 0 Å². The molecule has 0 spiro atoms. The average Bonchev–Trinajstić information content (AvgIpc) is 2.63. The third-order valence-electron chi connectivity index (χ3n) is 4.45. The molecule has 98 valence electrons. The maximum absolute atomic E-state index is 4.47. The van der Waals surface area contributed by atoms with Gasteiger partial charge in [0.25, 0.3) is 0 Å². The Morgan fingerprint density at radius 2 is 2.06 bits per heavy atom. The molecule has 1 N–H and O–H groups in total. The summed E-state index contributed by atoms with van der Waals surface area (Å²) in [5.41, 5.74) is 1.22. The second-order valence-electron chi connectivity index (χ2n) is 5.60. The van der Waals surface area contributed by atoms with Crippen molar-refractivity contribution < 1.29 is 0 Å². The Hall–Kier alpha value is -0.930. The van der Waals surface area contributed by atoms with Gasteiger partial charge in [-0.3, -0.25) is 9.88 Å². The number of nitrogens with one attached hydrogen (secondary N) is 1. The van der Waals surface area contributed by atoms with Gasteiger partial charge in [0.2, 0.25) is 0 Å². The molecule has 0 aliphatic carbocycles. The molecule has 2 aliphatic heterocycles. The molecular weight excluding hydrogens is 222 g/mol. The van der Waals surface area contributed by atoms with E-state index >= 15 is 0 Å². The molecular formula is C15H23N3. The summed E-state index contributed by atoms with van der Waals surface area (Å²) in [5.74, 6) is 0. The van der Waals surface area contributed by atoms with Crippen LogP contribution in [0.5, 0.6) is 0 Å². The van der Waals surface area contributed by atoms with Crippen molar-refractivity contribution in [3.05, 3.63) is 30.1 Å². The van der Waals surface area contributed by atoms with Crippen LogP contribution in [0.4, 0.5) is 0 Å². The summed E-state index contributed by atoms with van der Waals surface area (Å²) in [4.78, 5) is 7.16. The van der Waals surface area contributed by atoms with Gasteiger partial charge in [0.1, 0.15) is 0 Å². The number of piperidine rings is 1. The minimum Gasteiger partial charge on any atom is -0.314 e. The van der Waals surface area contributed by atoms with E-state index in [1.807, 2.05) is 12.3 Å². The van der Waals surface area contributed by atoms with Crippen molar-refractivity contribution in [2.75, 3.05) is 6.54 Å². The smallest absolute Gasteiger partial charge is 0.0544 e. The molecule has 2 unspecified atom stereocenters. The summed E-state index contributed by atoms with van der Waals surface area (Å²) >= 11 is 0. The lowest BCUT2D eigenvalue weighted by molar-refractivity contribution is 0.108. The SMILES string of the molecule is CCNC1CC2CCC(C1)N2Cc1ccccn1. The fraction of sp³-hybridized carbons (Fsp3) is 0.667. The number of hydrogen-bond acceptors (Lipinski definition) is 3. The van der Waals surface area contributed by atoms with Crippen molar-refractivity contribution in [2.45, 2.75) is 57.3 Å². The minimum absolute atomic E-state index is 0.743. The van der Waals surface area contributed by atoms with Crippen LogP contribution < -0.4 is 5.32 Å². The lowest BCUT2D eigenvalue weighted by atomic mass is 9.97. The molecule has 2 bridgehead atoms. The predicted molar refractivity (Wildman–Crippen MR) is 73.3 cm³/mol. The monoisotopic (exact) mass is 245 g/mol. The first kappa shape index (κ1) is 12.1. The third kappa shape index (κ3) is 2.43. The first-order valence-electron chi connectivity index (χ1n) is 7.26. The normalized spacial score (nSPS) is 31.7. The van der Waals surface area contributed by atoms with Crippen molar-refractivity contribution in [3.63, 3.8) is 0 Å². The molecule has 3 heteroatoms. The zero-order valence-electron chi connectivity index (χ0n) is 11.2. The van der Waals surface area contributed by atoms with Gasteiger partial charge < -0.3 is 5.32 Å².